The minimum absolute atomic E-state index is 0.00719. The van der Waals surface area contributed by atoms with E-state index in [0.29, 0.717) is 23.9 Å². The second-order valence-corrected chi connectivity index (χ2v) is 15.1. The predicted octanol–water partition coefficient (Wildman–Crippen LogP) is 6.01. The van der Waals surface area contributed by atoms with E-state index in [-0.39, 0.29) is 32.5 Å². The molecule has 14 nitrogen and oxygen atoms in total. The molecule has 0 unspecified atom stereocenters. The maximum atomic E-state index is 13.2. The van der Waals surface area contributed by atoms with Gasteiger partial charge >= 0.3 is 11.9 Å². The van der Waals surface area contributed by atoms with E-state index in [1.807, 2.05) is 30.3 Å². The first-order valence-electron chi connectivity index (χ1n) is 15.8. The van der Waals surface area contributed by atoms with Gasteiger partial charge in [-0.2, -0.15) is 0 Å². The van der Waals surface area contributed by atoms with Gasteiger partial charge in [-0.3, -0.25) is 9.44 Å². The SMILES string of the molecule is COC(=O)c1cc(NS(=O)(=O)c2ccc3ccc(NCCNc4ccc5ccc(S(=O)(=O)Nc6ccc(O)c(C(=O)O)c6)cc5c4)cc3c2)ccc1O. The van der Waals surface area contributed by atoms with Gasteiger partial charge in [0.1, 0.15) is 22.6 Å². The average Bonchev–Trinajstić information content (AvgIpc) is 3.13. The zero-order valence-corrected chi connectivity index (χ0v) is 29.5. The van der Waals surface area contributed by atoms with Crippen LogP contribution in [0.25, 0.3) is 21.5 Å². The van der Waals surface area contributed by atoms with Crippen molar-refractivity contribution in [2.45, 2.75) is 9.79 Å². The maximum Gasteiger partial charge on any atom is 0.341 e. The summed E-state index contributed by atoms with van der Waals surface area (Å²) in [6.07, 6.45) is 0. The molecule has 0 saturated carbocycles. The molecule has 0 spiro atoms. The smallest absolute Gasteiger partial charge is 0.341 e. The Hall–Kier alpha value is -6.52. The number of anilines is 4. The normalized spacial score (nSPS) is 11.6. The summed E-state index contributed by atoms with van der Waals surface area (Å²) in [5.41, 5.74) is 0.918. The van der Waals surface area contributed by atoms with Crippen molar-refractivity contribution >= 4 is 76.3 Å². The van der Waals surface area contributed by atoms with E-state index >= 15 is 0 Å². The molecule has 0 aliphatic carbocycles. The molecule has 0 saturated heterocycles. The van der Waals surface area contributed by atoms with Crippen molar-refractivity contribution in [3.05, 3.63) is 120 Å². The molecule has 6 aromatic carbocycles. The summed E-state index contributed by atoms with van der Waals surface area (Å²) in [5, 5.41) is 38.4. The molecular formula is C37H32N4O10S2. The van der Waals surface area contributed by atoms with Gasteiger partial charge in [0.25, 0.3) is 20.0 Å². The van der Waals surface area contributed by atoms with Gasteiger partial charge in [-0.05, 0) is 106 Å². The van der Waals surface area contributed by atoms with Crippen LogP contribution in [-0.2, 0) is 24.8 Å². The number of fused-ring (bicyclic) bond motifs is 2. The molecule has 0 aliphatic heterocycles. The van der Waals surface area contributed by atoms with Gasteiger partial charge in [0.2, 0.25) is 0 Å². The standard InChI is InChI=1S/C37H32N4O10S2/c1-51-37(46)33-21-29(9-13-35(33)43)41-53(49,50)31-11-5-23-3-7-27(17-25(23)19-31)39-15-14-38-26-6-2-22-4-10-30(18-24(22)16-26)52(47,48)40-28-8-12-34(42)32(20-28)36(44)45/h2-13,16-21,38-43H,14-15H2,1H3,(H,44,45). The number of aromatic hydroxyl groups is 2. The van der Waals surface area contributed by atoms with E-state index < -0.39 is 43.3 Å². The minimum Gasteiger partial charge on any atom is -0.507 e. The van der Waals surface area contributed by atoms with Gasteiger partial charge in [0, 0.05) is 35.8 Å². The number of nitrogens with one attached hydrogen (secondary N) is 4. The second kappa shape index (κ2) is 14.6. The topological polar surface area (TPSA) is 220 Å². The monoisotopic (exact) mass is 756 g/mol. The van der Waals surface area contributed by atoms with E-state index in [4.69, 9.17) is 0 Å². The van der Waals surface area contributed by atoms with Crippen LogP contribution >= 0.6 is 0 Å². The molecule has 0 amide bonds. The van der Waals surface area contributed by atoms with E-state index in [2.05, 4.69) is 24.8 Å². The van der Waals surface area contributed by atoms with E-state index in [0.717, 1.165) is 41.4 Å². The molecule has 0 aliphatic rings. The molecular weight excluding hydrogens is 725 g/mol. The number of rotatable bonds is 13. The molecule has 0 radical (unpaired) electrons. The van der Waals surface area contributed by atoms with Gasteiger partial charge in [0.15, 0.2) is 0 Å². The summed E-state index contributed by atoms with van der Waals surface area (Å²) >= 11 is 0. The molecule has 53 heavy (non-hydrogen) atoms. The van der Waals surface area contributed by atoms with Gasteiger partial charge in [0.05, 0.1) is 16.9 Å². The summed E-state index contributed by atoms with van der Waals surface area (Å²) in [7, 11) is -7.00. The molecule has 272 valence electrons. The lowest BCUT2D eigenvalue weighted by Gasteiger charge is -2.13. The Kier molecular flexibility index (Phi) is 10.00. The Bertz CT molecular complexity index is 2630. The number of carbonyl (C=O) groups excluding carboxylic acids is 1. The highest BCUT2D eigenvalue weighted by atomic mass is 32.2. The maximum absolute atomic E-state index is 13.2. The van der Waals surface area contributed by atoms with Crippen molar-refractivity contribution < 1.29 is 46.5 Å². The van der Waals surface area contributed by atoms with Gasteiger partial charge in [-0.15, -0.1) is 0 Å². The number of phenols is 2. The fourth-order valence-electron chi connectivity index (χ4n) is 5.49. The van der Waals surface area contributed by atoms with Gasteiger partial charge in [-0.1, -0.05) is 24.3 Å². The lowest BCUT2D eigenvalue weighted by molar-refractivity contribution is 0.0596. The molecule has 7 N–H and O–H groups in total. The Labute approximate surface area is 303 Å². The molecule has 0 aromatic heterocycles. The van der Waals surface area contributed by atoms with Crippen LogP contribution in [0, 0.1) is 0 Å². The number of benzene rings is 6. The number of hydrogen-bond donors (Lipinski definition) is 7. The molecule has 16 heteroatoms. The summed E-state index contributed by atoms with van der Waals surface area (Å²) in [5.74, 6) is -3.04. The van der Waals surface area contributed by atoms with Gasteiger partial charge in [-0.25, -0.2) is 26.4 Å². The van der Waals surface area contributed by atoms with Crippen LogP contribution in [0.2, 0.25) is 0 Å². The lowest BCUT2D eigenvalue weighted by atomic mass is 10.1. The number of carboxylic acid groups (broad SMARTS) is 1. The summed E-state index contributed by atoms with van der Waals surface area (Å²) in [4.78, 5) is 23.2. The van der Waals surface area contributed by atoms with Crippen LogP contribution in [0.3, 0.4) is 0 Å². The zero-order chi connectivity index (χ0) is 37.9. The largest absolute Gasteiger partial charge is 0.507 e. The highest BCUT2D eigenvalue weighted by Gasteiger charge is 2.19. The number of phenolic OH excluding ortho intramolecular Hbond substituents is 1. The van der Waals surface area contributed by atoms with Crippen molar-refractivity contribution in [3.8, 4) is 11.5 Å². The van der Waals surface area contributed by atoms with Crippen LogP contribution < -0.4 is 20.1 Å². The molecule has 6 aromatic rings. The van der Waals surface area contributed by atoms with E-state index in [9.17, 15) is 41.7 Å². The predicted molar refractivity (Wildman–Crippen MR) is 201 cm³/mol. The van der Waals surface area contributed by atoms with Gasteiger partial charge < -0.3 is 30.7 Å². The van der Waals surface area contributed by atoms with Crippen LogP contribution in [-0.4, -0.2) is 64.3 Å². The van der Waals surface area contributed by atoms with Crippen molar-refractivity contribution in [2.75, 3.05) is 40.3 Å². The van der Waals surface area contributed by atoms with Crippen LogP contribution in [0.1, 0.15) is 20.7 Å². The Balaban J connectivity index is 1.10. The summed E-state index contributed by atoms with van der Waals surface area (Å²) in [6.45, 7) is 0.962. The van der Waals surface area contributed by atoms with Crippen molar-refractivity contribution in [2.24, 2.45) is 0 Å². The molecule has 0 heterocycles. The number of esters is 1. The number of ether oxygens (including phenoxy) is 1. The molecule has 6 rings (SSSR count). The number of hydrogen-bond acceptors (Lipinski definition) is 11. The third-order valence-electron chi connectivity index (χ3n) is 8.16. The average molecular weight is 757 g/mol. The third-order valence-corrected chi connectivity index (χ3v) is 10.9. The number of sulfonamides is 2. The Morgan fingerprint density at radius 1 is 0.547 bits per heavy atom. The fraction of sp³-hybridized carbons (Fsp3) is 0.0811. The lowest BCUT2D eigenvalue weighted by Crippen LogP contribution is -2.14. The number of carboxylic acids is 1. The number of aromatic carboxylic acids is 1. The van der Waals surface area contributed by atoms with Crippen LogP contribution in [0.5, 0.6) is 11.5 Å². The molecule has 0 fully saturated rings. The molecule has 0 atom stereocenters. The van der Waals surface area contributed by atoms with E-state index in [1.54, 1.807) is 18.2 Å². The minimum atomic E-state index is -4.09. The highest BCUT2D eigenvalue weighted by molar-refractivity contribution is 7.93. The molecule has 0 bridgehead atoms. The first kappa shape index (κ1) is 36.3. The quantitative estimate of drug-likeness (QED) is 0.0409. The Morgan fingerprint density at radius 3 is 1.42 bits per heavy atom. The fourth-order valence-corrected chi connectivity index (χ4v) is 7.66. The van der Waals surface area contributed by atoms with Crippen molar-refractivity contribution in [1.82, 2.24) is 0 Å². The first-order chi connectivity index (χ1) is 25.2. The van der Waals surface area contributed by atoms with Crippen LogP contribution in [0.4, 0.5) is 22.7 Å². The third kappa shape index (κ3) is 8.19. The number of methoxy groups -OCH3 is 1. The zero-order valence-electron chi connectivity index (χ0n) is 27.8. The first-order valence-corrected chi connectivity index (χ1v) is 18.8. The highest BCUT2D eigenvalue weighted by Crippen LogP contribution is 2.29. The Morgan fingerprint density at radius 2 is 0.962 bits per heavy atom. The van der Waals surface area contributed by atoms with Crippen molar-refractivity contribution in [1.29, 1.82) is 0 Å². The van der Waals surface area contributed by atoms with Crippen molar-refractivity contribution in [3.63, 3.8) is 0 Å². The van der Waals surface area contributed by atoms with Crippen LogP contribution in [0.15, 0.2) is 119 Å². The van der Waals surface area contributed by atoms with E-state index in [1.165, 1.54) is 48.5 Å². The second-order valence-electron chi connectivity index (χ2n) is 11.8. The number of carbonyl (C=O) groups is 2. The summed E-state index contributed by atoms with van der Waals surface area (Å²) in [6, 6.07) is 27.4. The summed E-state index contributed by atoms with van der Waals surface area (Å²) < 4.78 is 62.1.